The van der Waals surface area contributed by atoms with Crippen molar-refractivity contribution in [2.75, 3.05) is 18.0 Å². The van der Waals surface area contributed by atoms with Gasteiger partial charge in [0.25, 0.3) is 0 Å². The van der Waals surface area contributed by atoms with Gasteiger partial charge in [0.1, 0.15) is 0 Å². The molecule has 4 nitrogen and oxygen atoms in total. The molecule has 0 bridgehead atoms. The van der Waals surface area contributed by atoms with E-state index in [1.807, 2.05) is 20.8 Å². The van der Waals surface area contributed by atoms with E-state index in [2.05, 4.69) is 15.1 Å². The highest BCUT2D eigenvalue weighted by atomic mass is 35.5. The average molecular weight is 256 g/mol. The SMILES string of the molecule is Cc1c(Cl)nnc(N2CCC(C)(O)CC2)c1C. The minimum Gasteiger partial charge on any atom is -0.390 e. The third kappa shape index (κ3) is 2.53. The molecule has 0 atom stereocenters. The molecule has 1 N–H and O–H groups in total. The molecule has 1 aliphatic rings. The number of halogens is 1. The maximum absolute atomic E-state index is 9.92. The second kappa shape index (κ2) is 4.42. The quantitative estimate of drug-likeness (QED) is 0.835. The summed E-state index contributed by atoms with van der Waals surface area (Å²) in [4.78, 5) is 2.17. The smallest absolute Gasteiger partial charge is 0.155 e. The highest BCUT2D eigenvalue weighted by Crippen LogP contribution is 2.28. The number of hydrogen-bond donors (Lipinski definition) is 1. The van der Waals surface area contributed by atoms with E-state index in [-0.39, 0.29) is 0 Å². The number of rotatable bonds is 1. The molecule has 0 aromatic carbocycles. The molecule has 2 rings (SSSR count). The largest absolute Gasteiger partial charge is 0.390 e. The summed E-state index contributed by atoms with van der Waals surface area (Å²) in [5.74, 6) is 0.891. The molecule has 1 fully saturated rings. The summed E-state index contributed by atoms with van der Waals surface area (Å²) in [7, 11) is 0. The zero-order chi connectivity index (χ0) is 12.6. The summed E-state index contributed by atoms with van der Waals surface area (Å²) in [6.07, 6.45) is 1.52. The van der Waals surface area contributed by atoms with E-state index in [9.17, 15) is 5.11 Å². The Morgan fingerprint density at radius 2 is 1.76 bits per heavy atom. The van der Waals surface area contributed by atoms with E-state index in [1.54, 1.807) is 0 Å². The van der Waals surface area contributed by atoms with Gasteiger partial charge < -0.3 is 10.0 Å². The lowest BCUT2D eigenvalue weighted by Crippen LogP contribution is -2.43. The van der Waals surface area contributed by atoms with E-state index in [4.69, 9.17) is 11.6 Å². The molecule has 0 aliphatic carbocycles. The number of aromatic nitrogens is 2. The number of piperidine rings is 1. The van der Waals surface area contributed by atoms with Gasteiger partial charge in [0.15, 0.2) is 11.0 Å². The van der Waals surface area contributed by atoms with Crippen LogP contribution in [-0.4, -0.2) is 34.0 Å². The van der Waals surface area contributed by atoms with E-state index in [1.165, 1.54) is 0 Å². The first-order valence-electron chi connectivity index (χ1n) is 5.87. The summed E-state index contributed by atoms with van der Waals surface area (Å²) in [5.41, 5.74) is 1.51. The fourth-order valence-electron chi connectivity index (χ4n) is 2.06. The van der Waals surface area contributed by atoms with Crippen LogP contribution in [-0.2, 0) is 0 Å². The molecular weight excluding hydrogens is 238 g/mol. The Balaban J connectivity index is 2.22. The third-order valence-electron chi connectivity index (χ3n) is 3.58. The zero-order valence-corrected chi connectivity index (χ0v) is 11.3. The normalized spacial score (nSPS) is 19.5. The maximum atomic E-state index is 9.92. The molecule has 0 amide bonds. The van der Waals surface area contributed by atoms with Crippen molar-refractivity contribution in [1.29, 1.82) is 0 Å². The molecule has 1 saturated heterocycles. The van der Waals surface area contributed by atoms with Gasteiger partial charge in [-0.15, -0.1) is 10.2 Å². The van der Waals surface area contributed by atoms with Gasteiger partial charge in [0.2, 0.25) is 0 Å². The van der Waals surface area contributed by atoms with Crippen molar-refractivity contribution in [3.8, 4) is 0 Å². The summed E-state index contributed by atoms with van der Waals surface area (Å²) in [6, 6.07) is 0. The summed E-state index contributed by atoms with van der Waals surface area (Å²) >= 11 is 5.94. The molecule has 0 spiro atoms. The highest BCUT2D eigenvalue weighted by Gasteiger charge is 2.29. The molecule has 1 aromatic heterocycles. The lowest BCUT2D eigenvalue weighted by atomic mass is 9.93. The molecule has 5 heteroatoms. The first-order valence-corrected chi connectivity index (χ1v) is 6.25. The minimum atomic E-state index is -0.542. The fraction of sp³-hybridized carbons (Fsp3) is 0.667. The summed E-state index contributed by atoms with van der Waals surface area (Å²) < 4.78 is 0. The monoisotopic (exact) mass is 255 g/mol. The average Bonchev–Trinajstić information content (AvgIpc) is 2.27. The Morgan fingerprint density at radius 1 is 1.18 bits per heavy atom. The molecule has 0 radical (unpaired) electrons. The van der Waals surface area contributed by atoms with Crippen LogP contribution < -0.4 is 4.90 Å². The van der Waals surface area contributed by atoms with Crippen LogP contribution in [0, 0.1) is 13.8 Å². The Kier molecular flexibility index (Phi) is 3.27. The van der Waals surface area contributed by atoms with E-state index >= 15 is 0 Å². The molecule has 2 heterocycles. The first kappa shape index (κ1) is 12.6. The molecular formula is C12H18ClN3O. The second-order valence-corrected chi connectivity index (χ2v) is 5.41. The van der Waals surface area contributed by atoms with Crippen LogP contribution in [0.1, 0.15) is 30.9 Å². The van der Waals surface area contributed by atoms with Gasteiger partial charge in [0.05, 0.1) is 5.60 Å². The minimum absolute atomic E-state index is 0.468. The van der Waals surface area contributed by atoms with E-state index in [0.717, 1.165) is 42.9 Å². The number of anilines is 1. The molecule has 94 valence electrons. The highest BCUT2D eigenvalue weighted by molar-refractivity contribution is 6.30. The van der Waals surface area contributed by atoms with Gasteiger partial charge >= 0.3 is 0 Å². The maximum Gasteiger partial charge on any atom is 0.155 e. The Labute approximate surface area is 107 Å². The van der Waals surface area contributed by atoms with Crippen LogP contribution in [0.5, 0.6) is 0 Å². The van der Waals surface area contributed by atoms with Crippen LogP contribution in [0.15, 0.2) is 0 Å². The topological polar surface area (TPSA) is 49.2 Å². The molecule has 1 aromatic rings. The van der Waals surface area contributed by atoms with Gasteiger partial charge in [0, 0.05) is 13.1 Å². The predicted molar refractivity (Wildman–Crippen MR) is 68.6 cm³/mol. The standard InChI is InChI=1S/C12H18ClN3O/c1-8-9(2)11(15-14-10(8)13)16-6-4-12(3,17)5-7-16/h17H,4-7H2,1-3H3. The van der Waals surface area contributed by atoms with Crippen LogP contribution in [0.3, 0.4) is 0 Å². The summed E-state index contributed by atoms with van der Waals surface area (Å²) in [5, 5.41) is 18.5. The lowest BCUT2D eigenvalue weighted by Gasteiger charge is -2.36. The zero-order valence-electron chi connectivity index (χ0n) is 10.5. The Bertz CT molecular complexity index is 424. The fourth-order valence-corrected chi connectivity index (χ4v) is 2.24. The molecule has 1 aliphatic heterocycles. The van der Waals surface area contributed by atoms with Crippen molar-refractivity contribution in [2.24, 2.45) is 0 Å². The van der Waals surface area contributed by atoms with Crippen LogP contribution in [0.25, 0.3) is 0 Å². The molecule has 0 unspecified atom stereocenters. The summed E-state index contributed by atoms with van der Waals surface area (Å²) in [6.45, 7) is 7.47. The predicted octanol–water partition coefficient (Wildman–Crippen LogP) is 2.10. The van der Waals surface area contributed by atoms with Crippen molar-refractivity contribution in [1.82, 2.24) is 10.2 Å². The van der Waals surface area contributed by atoms with Gasteiger partial charge in [-0.3, -0.25) is 0 Å². The van der Waals surface area contributed by atoms with E-state index < -0.39 is 5.60 Å². The number of hydrogen-bond acceptors (Lipinski definition) is 4. The van der Waals surface area contributed by atoms with E-state index in [0.29, 0.717) is 5.15 Å². The van der Waals surface area contributed by atoms with Crippen molar-refractivity contribution in [3.05, 3.63) is 16.3 Å². The van der Waals surface area contributed by atoms with Gasteiger partial charge in [-0.2, -0.15) is 0 Å². The second-order valence-electron chi connectivity index (χ2n) is 5.05. The van der Waals surface area contributed by atoms with Crippen molar-refractivity contribution in [2.45, 2.75) is 39.2 Å². The van der Waals surface area contributed by atoms with Gasteiger partial charge in [-0.25, -0.2) is 0 Å². The van der Waals surface area contributed by atoms with Gasteiger partial charge in [-0.1, -0.05) is 11.6 Å². The van der Waals surface area contributed by atoms with Crippen LogP contribution in [0.4, 0.5) is 5.82 Å². The number of aliphatic hydroxyl groups is 1. The third-order valence-corrected chi connectivity index (χ3v) is 3.94. The molecule has 0 saturated carbocycles. The van der Waals surface area contributed by atoms with Crippen LogP contribution in [0.2, 0.25) is 5.15 Å². The first-order chi connectivity index (χ1) is 7.91. The lowest BCUT2D eigenvalue weighted by molar-refractivity contribution is 0.0349. The van der Waals surface area contributed by atoms with Crippen LogP contribution >= 0.6 is 11.6 Å². The van der Waals surface area contributed by atoms with Crippen molar-refractivity contribution >= 4 is 17.4 Å². The number of nitrogens with zero attached hydrogens (tertiary/aromatic N) is 3. The van der Waals surface area contributed by atoms with Crippen molar-refractivity contribution in [3.63, 3.8) is 0 Å². The van der Waals surface area contributed by atoms with Gasteiger partial charge in [-0.05, 0) is 44.7 Å². The Morgan fingerprint density at radius 3 is 2.35 bits per heavy atom. The molecule has 17 heavy (non-hydrogen) atoms. The van der Waals surface area contributed by atoms with Crippen molar-refractivity contribution < 1.29 is 5.11 Å². The Hall–Kier alpha value is -0.870.